The van der Waals surface area contributed by atoms with Gasteiger partial charge in [-0.3, -0.25) is 9.69 Å². The molecule has 3 aromatic carbocycles. The Hall–Kier alpha value is -3.65. The number of nitrogens with zero attached hydrogens (tertiary/aromatic N) is 3. The number of ether oxygens (including phenoxy) is 2. The highest BCUT2D eigenvalue weighted by Crippen LogP contribution is 2.57. The van der Waals surface area contributed by atoms with Gasteiger partial charge in [-0.1, -0.05) is 29.3 Å². The Balaban J connectivity index is 1.64. The van der Waals surface area contributed by atoms with E-state index in [1.807, 2.05) is 24.0 Å². The van der Waals surface area contributed by atoms with Crippen LogP contribution >= 0.6 is 23.2 Å². The molecular weight excluding hydrogens is 667 g/mol. The fourth-order valence-corrected chi connectivity index (χ4v) is 8.33. The number of hydrogen-bond donors (Lipinski definition) is 2. The van der Waals surface area contributed by atoms with Gasteiger partial charge < -0.3 is 24.3 Å². The van der Waals surface area contributed by atoms with Crippen molar-refractivity contribution in [3.05, 3.63) is 99.7 Å². The summed E-state index contributed by atoms with van der Waals surface area (Å²) in [5.41, 5.74) is -0.181. The molecular formula is C33H34Cl2N4O7S. The van der Waals surface area contributed by atoms with E-state index in [0.717, 1.165) is 9.87 Å². The second-order valence-corrected chi connectivity index (χ2v) is 13.7. The summed E-state index contributed by atoms with van der Waals surface area (Å²) < 4.78 is 47.2. The first-order valence-electron chi connectivity index (χ1n) is 15.2. The third kappa shape index (κ3) is 5.66. The monoisotopic (exact) mass is 700 g/mol. The quantitative estimate of drug-likeness (QED) is 0.188. The van der Waals surface area contributed by atoms with E-state index in [1.54, 1.807) is 24.3 Å². The second kappa shape index (κ2) is 13.5. The van der Waals surface area contributed by atoms with E-state index in [1.165, 1.54) is 37.8 Å². The van der Waals surface area contributed by atoms with Gasteiger partial charge in [-0.2, -0.15) is 0 Å². The van der Waals surface area contributed by atoms with Crippen molar-refractivity contribution in [2.45, 2.75) is 42.8 Å². The Morgan fingerprint density at radius 2 is 1.87 bits per heavy atom. The highest BCUT2D eigenvalue weighted by Gasteiger charge is 2.63. The van der Waals surface area contributed by atoms with E-state index in [4.69, 9.17) is 37.1 Å². The van der Waals surface area contributed by atoms with Crippen LogP contribution in [0.3, 0.4) is 0 Å². The van der Waals surface area contributed by atoms with Crippen LogP contribution in [-0.2, 0) is 26.9 Å². The number of sulfonamides is 1. The minimum absolute atomic E-state index is 0.0535. The van der Waals surface area contributed by atoms with Crippen molar-refractivity contribution in [2.24, 2.45) is 0 Å². The largest absolute Gasteiger partial charge is 0.496 e. The Bertz CT molecular complexity index is 1870. The predicted molar refractivity (Wildman–Crippen MR) is 176 cm³/mol. The molecule has 1 saturated heterocycles. The van der Waals surface area contributed by atoms with Gasteiger partial charge in [-0.25, -0.2) is 17.7 Å². The zero-order valence-corrected chi connectivity index (χ0v) is 28.1. The van der Waals surface area contributed by atoms with E-state index < -0.39 is 27.5 Å². The summed E-state index contributed by atoms with van der Waals surface area (Å²) in [5, 5.41) is 12.7. The van der Waals surface area contributed by atoms with E-state index in [9.17, 15) is 13.5 Å². The number of likely N-dealkylation sites (tertiary alicyclic amines) is 1. The standard InChI is InChI=1S/C33H34Cl2N4O7S/c1-3-45-22-7-9-23(10-8-22)47(42,43)39-29-19-27(35)26(34)18-24(29)33(32(39)41,38-14-4-5-28(38)31-37-13-16-46-31)25-17-21(20-36-12-15-40)6-11-30(25)44-2/h6-11,13,16-19,28,36,40H,3-5,12,14-15,20H2,1-2H3. The Labute approximate surface area is 283 Å². The molecule has 1 aromatic heterocycles. The lowest BCUT2D eigenvalue weighted by atomic mass is 9.80. The number of fused-ring (bicyclic) bond motifs is 1. The molecule has 248 valence electrons. The molecule has 0 radical (unpaired) electrons. The number of rotatable bonds is 12. The van der Waals surface area contributed by atoms with Gasteiger partial charge in [0.15, 0.2) is 5.54 Å². The number of amides is 1. The van der Waals surface area contributed by atoms with Crippen LogP contribution in [-0.4, -0.2) is 62.7 Å². The molecule has 2 aliphatic heterocycles. The minimum atomic E-state index is -4.51. The Morgan fingerprint density at radius 3 is 2.55 bits per heavy atom. The maximum absolute atomic E-state index is 15.5. The van der Waals surface area contributed by atoms with Gasteiger partial charge >= 0.3 is 0 Å². The third-order valence-corrected chi connectivity index (χ3v) is 10.9. The van der Waals surface area contributed by atoms with Gasteiger partial charge in [0.2, 0.25) is 5.89 Å². The average molecular weight is 702 g/mol. The number of aromatic nitrogens is 1. The Morgan fingerprint density at radius 1 is 1.11 bits per heavy atom. The number of aliphatic hydroxyl groups is 1. The molecule has 47 heavy (non-hydrogen) atoms. The van der Waals surface area contributed by atoms with Crippen molar-refractivity contribution in [3.8, 4) is 11.5 Å². The average Bonchev–Trinajstić information content (AvgIpc) is 3.81. The fraction of sp³-hybridized carbons (Fsp3) is 0.333. The van der Waals surface area contributed by atoms with Crippen LogP contribution in [0.1, 0.15) is 48.4 Å². The van der Waals surface area contributed by atoms with Crippen molar-refractivity contribution in [2.75, 3.05) is 37.7 Å². The fourth-order valence-electron chi connectivity index (χ4n) is 6.56. The maximum atomic E-state index is 15.5. The number of carbonyl (C=O) groups excluding carboxylic acids is 1. The number of halogens is 2. The van der Waals surface area contributed by atoms with Crippen molar-refractivity contribution in [1.29, 1.82) is 0 Å². The molecule has 0 aliphatic carbocycles. The zero-order chi connectivity index (χ0) is 33.3. The summed E-state index contributed by atoms with van der Waals surface area (Å²) in [6.07, 6.45) is 4.27. The molecule has 0 bridgehead atoms. The van der Waals surface area contributed by atoms with Crippen molar-refractivity contribution < 1.29 is 32.2 Å². The summed E-state index contributed by atoms with van der Waals surface area (Å²) in [4.78, 5) is 21.7. The maximum Gasteiger partial charge on any atom is 0.271 e. The van der Waals surface area contributed by atoms with E-state index in [0.29, 0.717) is 67.6 Å². The molecule has 3 heterocycles. The molecule has 2 atom stereocenters. The molecule has 2 N–H and O–H groups in total. The molecule has 2 aliphatic rings. The smallest absolute Gasteiger partial charge is 0.271 e. The van der Waals surface area contributed by atoms with Crippen LogP contribution in [0.2, 0.25) is 10.0 Å². The molecule has 11 nitrogen and oxygen atoms in total. The highest BCUT2D eigenvalue weighted by molar-refractivity contribution is 7.93. The Kier molecular flexibility index (Phi) is 9.52. The number of methoxy groups -OCH3 is 1. The summed E-state index contributed by atoms with van der Waals surface area (Å²) in [6.45, 7) is 3.30. The van der Waals surface area contributed by atoms with Crippen LogP contribution in [0.4, 0.5) is 5.69 Å². The number of benzene rings is 3. The van der Waals surface area contributed by atoms with Gasteiger partial charge in [0.1, 0.15) is 17.8 Å². The first-order chi connectivity index (χ1) is 22.7. The van der Waals surface area contributed by atoms with Gasteiger partial charge in [0, 0.05) is 30.8 Å². The van der Waals surface area contributed by atoms with E-state index in [-0.39, 0.29) is 27.2 Å². The molecule has 2 unspecified atom stereocenters. The zero-order valence-electron chi connectivity index (χ0n) is 25.8. The number of oxazole rings is 1. The number of anilines is 1. The first-order valence-corrected chi connectivity index (χ1v) is 17.3. The highest BCUT2D eigenvalue weighted by atomic mass is 35.5. The van der Waals surface area contributed by atoms with Crippen LogP contribution < -0.4 is 19.1 Å². The number of nitrogens with one attached hydrogen (secondary N) is 1. The van der Waals surface area contributed by atoms with Crippen molar-refractivity contribution in [3.63, 3.8) is 0 Å². The van der Waals surface area contributed by atoms with Gasteiger partial charge in [0.25, 0.3) is 15.9 Å². The third-order valence-electron chi connectivity index (χ3n) is 8.51. The number of hydrogen-bond acceptors (Lipinski definition) is 10. The normalized spacial score (nSPS) is 19.7. The minimum Gasteiger partial charge on any atom is -0.496 e. The first kappa shape index (κ1) is 33.3. The number of aliphatic hydroxyl groups excluding tert-OH is 1. The van der Waals surface area contributed by atoms with Crippen molar-refractivity contribution in [1.82, 2.24) is 15.2 Å². The topological polar surface area (TPSA) is 134 Å². The van der Waals surface area contributed by atoms with Crippen LogP contribution in [0.15, 0.2) is 76.4 Å². The predicted octanol–water partition coefficient (Wildman–Crippen LogP) is 5.29. The molecule has 6 rings (SSSR count). The molecule has 0 saturated carbocycles. The van der Waals surface area contributed by atoms with Crippen LogP contribution in [0, 0.1) is 0 Å². The summed E-state index contributed by atoms with van der Waals surface area (Å²) >= 11 is 13.2. The van der Waals surface area contributed by atoms with Gasteiger partial charge in [-0.05, 0) is 73.9 Å². The second-order valence-electron chi connectivity index (χ2n) is 11.1. The molecule has 1 fully saturated rings. The van der Waals surface area contributed by atoms with E-state index >= 15 is 4.79 Å². The lowest BCUT2D eigenvalue weighted by Crippen LogP contribution is -2.54. The lowest BCUT2D eigenvalue weighted by molar-refractivity contribution is -0.127. The van der Waals surface area contributed by atoms with Crippen molar-refractivity contribution >= 4 is 44.8 Å². The van der Waals surface area contributed by atoms with Crippen LogP contribution in [0.5, 0.6) is 11.5 Å². The van der Waals surface area contributed by atoms with Gasteiger partial charge in [-0.15, -0.1) is 0 Å². The molecule has 0 spiro atoms. The molecule has 1 amide bonds. The van der Waals surface area contributed by atoms with E-state index in [2.05, 4.69) is 10.3 Å². The SMILES string of the molecule is CCOc1ccc(S(=O)(=O)N2C(=O)C(c3cc(CNCCO)ccc3OC)(N3CCCC3c3ncco3)c3cc(Cl)c(Cl)cc32)cc1. The lowest BCUT2D eigenvalue weighted by Gasteiger charge is -2.41. The summed E-state index contributed by atoms with van der Waals surface area (Å²) in [6, 6.07) is 13.8. The number of carbonyl (C=O) groups is 1. The molecule has 4 aromatic rings. The molecule has 14 heteroatoms. The summed E-state index contributed by atoms with van der Waals surface area (Å²) in [5.74, 6) is 0.492. The summed E-state index contributed by atoms with van der Waals surface area (Å²) in [7, 11) is -3.01. The van der Waals surface area contributed by atoms with Crippen LogP contribution in [0.25, 0.3) is 0 Å². The van der Waals surface area contributed by atoms with Gasteiger partial charge in [0.05, 0.1) is 53.2 Å².